The van der Waals surface area contributed by atoms with Crippen LogP contribution in [-0.4, -0.2) is 37.4 Å². The highest BCUT2D eigenvalue weighted by Gasteiger charge is 2.15. The average molecular weight is 333 g/mol. The first-order valence-corrected chi connectivity index (χ1v) is 8.06. The van der Waals surface area contributed by atoms with E-state index in [4.69, 9.17) is 0 Å². The maximum Gasteiger partial charge on any atom is 0.230 e. The number of carbonyl (C=O) groups is 1. The summed E-state index contributed by atoms with van der Waals surface area (Å²) in [7, 11) is 0. The number of benzene rings is 1. The normalized spacial score (nSPS) is 12.0. The van der Waals surface area contributed by atoms with Crippen LogP contribution in [0.1, 0.15) is 20.8 Å². The third kappa shape index (κ3) is 3.58. The highest BCUT2D eigenvalue weighted by molar-refractivity contribution is 7.99. The number of H-pyrrole nitrogens is 1. The molecule has 8 heteroatoms. The summed E-state index contributed by atoms with van der Waals surface area (Å²) in [5, 5.41) is 12.0. The van der Waals surface area contributed by atoms with E-state index in [1.54, 1.807) is 6.07 Å². The summed E-state index contributed by atoms with van der Waals surface area (Å²) in [6, 6.07) is 4.41. The molecule has 0 fully saturated rings. The van der Waals surface area contributed by atoms with E-state index >= 15 is 0 Å². The lowest BCUT2D eigenvalue weighted by Crippen LogP contribution is -2.41. The first-order chi connectivity index (χ1) is 10.8. The minimum absolute atomic E-state index is 0.0927. The highest BCUT2D eigenvalue weighted by Crippen LogP contribution is 2.24. The molecule has 23 heavy (non-hydrogen) atoms. The summed E-state index contributed by atoms with van der Waals surface area (Å²) in [5.74, 6) is -0.221. The van der Waals surface area contributed by atoms with E-state index in [0.717, 1.165) is 5.52 Å². The number of aromatic amines is 1. The molecule has 120 valence electrons. The Morgan fingerprint density at radius 2 is 2.13 bits per heavy atom. The molecule has 1 aromatic carbocycles. The van der Waals surface area contributed by atoms with Gasteiger partial charge in [0.15, 0.2) is 5.65 Å². The van der Waals surface area contributed by atoms with E-state index < -0.39 is 0 Å². The van der Waals surface area contributed by atoms with E-state index in [-0.39, 0.29) is 23.0 Å². The SMILES string of the molecule is CC(C)(C)NC(=O)CSc1nnc2c(n1)[nH]c1ccc(F)cc12. The third-order valence-electron chi connectivity index (χ3n) is 3.00. The van der Waals surface area contributed by atoms with E-state index in [2.05, 4.69) is 25.5 Å². The molecule has 0 atom stereocenters. The Morgan fingerprint density at radius 3 is 2.87 bits per heavy atom. The molecule has 2 heterocycles. The van der Waals surface area contributed by atoms with E-state index in [1.165, 1.54) is 23.9 Å². The van der Waals surface area contributed by atoms with Crippen LogP contribution in [0.3, 0.4) is 0 Å². The predicted octanol–water partition coefficient (Wildman–Crippen LogP) is 2.65. The zero-order chi connectivity index (χ0) is 16.6. The Labute approximate surface area is 136 Å². The lowest BCUT2D eigenvalue weighted by molar-refractivity contribution is -0.119. The van der Waals surface area contributed by atoms with Crippen molar-refractivity contribution in [1.29, 1.82) is 0 Å². The topological polar surface area (TPSA) is 83.6 Å². The fourth-order valence-electron chi connectivity index (χ4n) is 2.17. The molecule has 3 aromatic rings. The van der Waals surface area contributed by atoms with Crippen LogP contribution in [0.4, 0.5) is 4.39 Å². The van der Waals surface area contributed by atoms with Gasteiger partial charge >= 0.3 is 0 Å². The molecule has 0 aliphatic carbocycles. The van der Waals surface area contributed by atoms with Gasteiger partial charge in [-0.15, -0.1) is 10.2 Å². The van der Waals surface area contributed by atoms with Crippen molar-refractivity contribution in [2.75, 3.05) is 5.75 Å². The summed E-state index contributed by atoms with van der Waals surface area (Å²) < 4.78 is 13.3. The number of carbonyl (C=O) groups excluding carboxylic acids is 1. The monoisotopic (exact) mass is 333 g/mol. The van der Waals surface area contributed by atoms with E-state index in [0.29, 0.717) is 21.7 Å². The molecule has 1 amide bonds. The van der Waals surface area contributed by atoms with Crippen LogP contribution < -0.4 is 5.32 Å². The van der Waals surface area contributed by atoms with Gasteiger partial charge in [0.1, 0.15) is 11.3 Å². The van der Waals surface area contributed by atoms with Crippen molar-refractivity contribution in [3.63, 3.8) is 0 Å². The summed E-state index contributed by atoms with van der Waals surface area (Å²) in [5.41, 5.74) is 1.51. The van der Waals surface area contributed by atoms with Crippen molar-refractivity contribution >= 4 is 39.7 Å². The van der Waals surface area contributed by atoms with E-state index in [9.17, 15) is 9.18 Å². The standard InChI is InChI=1S/C15H16FN5OS/c1-15(2,3)19-11(22)7-23-14-18-13-12(20-21-14)9-6-8(16)4-5-10(9)17-13/h4-6H,7H2,1-3H3,(H,19,22)(H,17,18,21). The number of fused-ring (bicyclic) bond motifs is 3. The Kier molecular flexibility index (Phi) is 3.93. The number of aromatic nitrogens is 4. The molecule has 0 spiro atoms. The highest BCUT2D eigenvalue weighted by atomic mass is 32.2. The largest absolute Gasteiger partial charge is 0.351 e. The molecule has 0 bridgehead atoms. The quantitative estimate of drug-likeness (QED) is 0.720. The maximum absolute atomic E-state index is 13.3. The summed E-state index contributed by atoms with van der Waals surface area (Å²) in [6.07, 6.45) is 0. The zero-order valence-electron chi connectivity index (χ0n) is 13.0. The molecule has 3 rings (SSSR count). The van der Waals surface area contributed by atoms with Gasteiger partial charge in [0, 0.05) is 16.4 Å². The predicted molar refractivity (Wildman–Crippen MR) is 87.8 cm³/mol. The van der Waals surface area contributed by atoms with Crippen molar-refractivity contribution in [2.24, 2.45) is 0 Å². The second-order valence-electron chi connectivity index (χ2n) is 6.19. The van der Waals surface area contributed by atoms with Crippen LogP contribution in [0.25, 0.3) is 22.1 Å². The van der Waals surface area contributed by atoms with Gasteiger partial charge in [-0.05, 0) is 39.0 Å². The molecule has 2 N–H and O–H groups in total. The number of rotatable bonds is 3. The molecule has 0 aliphatic heterocycles. The van der Waals surface area contributed by atoms with Gasteiger partial charge in [0.25, 0.3) is 0 Å². The minimum atomic E-state index is -0.336. The number of hydrogen-bond donors (Lipinski definition) is 2. The van der Waals surface area contributed by atoms with Crippen molar-refractivity contribution in [3.8, 4) is 0 Å². The third-order valence-corrected chi connectivity index (χ3v) is 3.84. The summed E-state index contributed by atoms with van der Waals surface area (Å²) in [6.45, 7) is 5.76. The average Bonchev–Trinajstić information content (AvgIpc) is 2.80. The molecular formula is C15H16FN5OS. The molecule has 0 saturated heterocycles. The van der Waals surface area contributed by atoms with Crippen molar-refractivity contribution in [1.82, 2.24) is 25.5 Å². The van der Waals surface area contributed by atoms with Crippen LogP contribution in [0.5, 0.6) is 0 Å². The van der Waals surface area contributed by atoms with Crippen LogP contribution in [0.15, 0.2) is 23.4 Å². The molecule has 0 unspecified atom stereocenters. The van der Waals surface area contributed by atoms with Crippen LogP contribution in [-0.2, 0) is 4.79 Å². The number of nitrogens with one attached hydrogen (secondary N) is 2. The number of halogens is 1. The zero-order valence-corrected chi connectivity index (χ0v) is 13.8. The Morgan fingerprint density at radius 1 is 1.35 bits per heavy atom. The maximum atomic E-state index is 13.3. The van der Waals surface area contributed by atoms with Gasteiger partial charge in [-0.25, -0.2) is 9.37 Å². The van der Waals surface area contributed by atoms with Gasteiger partial charge in [-0.3, -0.25) is 4.79 Å². The number of thioether (sulfide) groups is 1. The summed E-state index contributed by atoms with van der Waals surface area (Å²) in [4.78, 5) is 19.2. The van der Waals surface area contributed by atoms with Crippen molar-refractivity contribution in [2.45, 2.75) is 31.5 Å². The Balaban J connectivity index is 1.81. The van der Waals surface area contributed by atoms with Gasteiger partial charge in [-0.2, -0.15) is 0 Å². The van der Waals surface area contributed by atoms with Crippen LogP contribution in [0.2, 0.25) is 0 Å². The molecular weight excluding hydrogens is 317 g/mol. The molecule has 0 saturated carbocycles. The number of hydrogen-bond acceptors (Lipinski definition) is 5. The second-order valence-corrected chi connectivity index (χ2v) is 7.14. The first kappa shape index (κ1) is 15.7. The van der Waals surface area contributed by atoms with Crippen LogP contribution >= 0.6 is 11.8 Å². The lowest BCUT2D eigenvalue weighted by atomic mass is 10.1. The van der Waals surface area contributed by atoms with Crippen LogP contribution in [0, 0.1) is 5.82 Å². The van der Waals surface area contributed by atoms with Gasteiger partial charge in [-0.1, -0.05) is 11.8 Å². The van der Waals surface area contributed by atoms with Crippen molar-refractivity contribution < 1.29 is 9.18 Å². The fourth-order valence-corrected chi connectivity index (χ4v) is 2.76. The summed E-state index contributed by atoms with van der Waals surface area (Å²) >= 11 is 1.21. The molecule has 0 aliphatic rings. The Hall–Kier alpha value is -2.22. The lowest BCUT2D eigenvalue weighted by Gasteiger charge is -2.20. The number of amides is 1. The fraction of sp³-hybridized carbons (Fsp3) is 0.333. The van der Waals surface area contributed by atoms with Gasteiger partial charge in [0.2, 0.25) is 11.1 Å². The number of nitrogens with zero attached hydrogens (tertiary/aromatic N) is 3. The Bertz CT molecular complexity index is 887. The van der Waals surface area contributed by atoms with Gasteiger partial charge in [0.05, 0.1) is 5.75 Å². The first-order valence-electron chi connectivity index (χ1n) is 7.07. The van der Waals surface area contributed by atoms with Crippen molar-refractivity contribution in [3.05, 3.63) is 24.0 Å². The molecule has 0 radical (unpaired) electrons. The molecule has 2 aromatic heterocycles. The minimum Gasteiger partial charge on any atom is -0.351 e. The van der Waals surface area contributed by atoms with Gasteiger partial charge < -0.3 is 10.3 Å². The smallest absolute Gasteiger partial charge is 0.230 e. The van der Waals surface area contributed by atoms with E-state index in [1.807, 2.05) is 20.8 Å². The second kappa shape index (κ2) is 5.77. The molecule has 6 nitrogen and oxygen atoms in total.